The number of hydrogen-bond donors (Lipinski definition) is 2. The second kappa shape index (κ2) is 8.43. The Bertz CT molecular complexity index is 747. The molecule has 1 fully saturated rings. The van der Waals surface area contributed by atoms with Crippen LogP contribution in [0.3, 0.4) is 0 Å². The van der Waals surface area contributed by atoms with Gasteiger partial charge in [-0.25, -0.2) is 0 Å². The quantitative estimate of drug-likeness (QED) is 0.829. The number of likely N-dealkylation sites (tertiary alicyclic amines) is 1. The van der Waals surface area contributed by atoms with Gasteiger partial charge in [0.25, 0.3) is 0 Å². The van der Waals surface area contributed by atoms with Crippen molar-refractivity contribution < 1.29 is 19.7 Å². The number of aliphatic hydroxyl groups is 1. The minimum atomic E-state index is 0.157. The molecule has 1 heterocycles. The zero-order valence-electron chi connectivity index (χ0n) is 15.4. The fourth-order valence-corrected chi connectivity index (χ4v) is 3.61. The molecule has 0 unspecified atom stereocenters. The lowest BCUT2D eigenvalue weighted by atomic mass is 9.98. The van der Waals surface area contributed by atoms with Crippen LogP contribution < -0.4 is 9.47 Å². The van der Waals surface area contributed by atoms with E-state index in [4.69, 9.17) is 9.47 Å². The third-order valence-corrected chi connectivity index (χ3v) is 5.13. The molecule has 1 atom stereocenters. The van der Waals surface area contributed by atoms with Gasteiger partial charge in [0.1, 0.15) is 17.2 Å². The fraction of sp³-hybridized carbons (Fsp3) is 0.429. The molecule has 0 aromatic heterocycles. The number of benzene rings is 2. The molecular formula is C21H27NO4. The van der Waals surface area contributed by atoms with E-state index in [0.29, 0.717) is 6.54 Å². The fourth-order valence-electron chi connectivity index (χ4n) is 3.61. The number of ether oxygens (including phenoxy) is 2. The van der Waals surface area contributed by atoms with Gasteiger partial charge < -0.3 is 19.7 Å². The van der Waals surface area contributed by atoms with Crippen LogP contribution in [0.25, 0.3) is 11.1 Å². The average Bonchev–Trinajstić information content (AvgIpc) is 2.69. The summed E-state index contributed by atoms with van der Waals surface area (Å²) in [5, 5.41) is 20.0. The Kier molecular flexibility index (Phi) is 6.01. The highest BCUT2D eigenvalue weighted by Crippen LogP contribution is 2.36. The van der Waals surface area contributed by atoms with E-state index in [1.54, 1.807) is 20.3 Å². The summed E-state index contributed by atoms with van der Waals surface area (Å²) >= 11 is 0. The maximum absolute atomic E-state index is 10.4. The maximum Gasteiger partial charge on any atom is 0.126 e. The van der Waals surface area contributed by atoms with Crippen LogP contribution in [0.5, 0.6) is 17.2 Å². The lowest BCUT2D eigenvalue weighted by molar-refractivity contribution is 0.0835. The Morgan fingerprint density at radius 1 is 1.08 bits per heavy atom. The van der Waals surface area contributed by atoms with E-state index in [0.717, 1.165) is 54.0 Å². The Labute approximate surface area is 154 Å². The van der Waals surface area contributed by atoms with E-state index < -0.39 is 0 Å². The highest BCUT2D eigenvalue weighted by atomic mass is 16.5. The number of aromatic hydroxyl groups is 1. The molecule has 1 saturated heterocycles. The molecule has 0 radical (unpaired) electrons. The van der Waals surface area contributed by atoms with Crippen LogP contribution in [-0.2, 0) is 6.54 Å². The van der Waals surface area contributed by atoms with Crippen molar-refractivity contribution in [2.45, 2.75) is 31.8 Å². The molecule has 0 saturated carbocycles. The van der Waals surface area contributed by atoms with Crippen molar-refractivity contribution in [1.82, 2.24) is 4.90 Å². The number of nitrogens with zero attached hydrogens (tertiary/aromatic N) is 1. The molecule has 0 bridgehead atoms. The van der Waals surface area contributed by atoms with Gasteiger partial charge in [0.2, 0.25) is 0 Å². The predicted molar refractivity (Wildman–Crippen MR) is 102 cm³/mol. The van der Waals surface area contributed by atoms with Gasteiger partial charge in [-0.05, 0) is 55.3 Å². The molecule has 26 heavy (non-hydrogen) atoms. The second-order valence-corrected chi connectivity index (χ2v) is 6.71. The Morgan fingerprint density at radius 3 is 2.65 bits per heavy atom. The van der Waals surface area contributed by atoms with Crippen molar-refractivity contribution in [2.75, 3.05) is 27.4 Å². The normalized spacial score (nSPS) is 17.9. The zero-order valence-corrected chi connectivity index (χ0v) is 15.4. The molecule has 2 N–H and O–H groups in total. The van der Waals surface area contributed by atoms with Crippen LogP contribution in [0.1, 0.15) is 24.8 Å². The largest absolute Gasteiger partial charge is 0.508 e. The van der Waals surface area contributed by atoms with E-state index in [9.17, 15) is 10.2 Å². The summed E-state index contributed by atoms with van der Waals surface area (Å²) in [4.78, 5) is 2.26. The van der Waals surface area contributed by atoms with E-state index in [1.807, 2.05) is 30.3 Å². The molecule has 0 spiro atoms. The molecule has 0 amide bonds. The summed E-state index contributed by atoms with van der Waals surface area (Å²) < 4.78 is 10.8. The van der Waals surface area contributed by atoms with Crippen LogP contribution >= 0.6 is 0 Å². The number of aliphatic hydroxyl groups excluding tert-OH is 1. The minimum Gasteiger partial charge on any atom is -0.508 e. The number of phenols is 1. The van der Waals surface area contributed by atoms with Crippen LogP contribution in [-0.4, -0.2) is 48.5 Å². The number of piperidine rings is 1. The molecule has 1 aliphatic heterocycles. The van der Waals surface area contributed by atoms with E-state index in [1.165, 1.54) is 0 Å². The van der Waals surface area contributed by atoms with Gasteiger partial charge in [-0.2, -0.15) is 0 Å². The monoisotopic (exact) mass is 357 g/mol. The summed E-state index contributed by atoms with van der Waals surface area (Å²) in [7, 11) is 3.28. The molecule has 2 aromatic carbocycles. The standard InChI is InChI=1S/C21H27NO4/c1-25-18-7-9-21(26-2)19(12-18)15-6-8-20(24)16(11-15)13-22-10-4-3-5-17(22)14-23/h6-9,11-12,17,23-24H,3-5,10,13-14H2,1-2H3/t17-/m1/s1. The van der Waals surface area contributed by atoms with E-state index >= 15 is 0 Å². The lowest BCUT2D eigenvalue weighted by Gasteiger charge is -2.34. The van der Waals surface area contributed by atoms with Crippen molar-refractivity contribution >= 4 is 0 Å². The van der Waals surface area contributed by atoms with Gasteiger partial charge in [0, 0.05) is 23.7 Å². The van der Waals surface area contributed by atoms with Crippen LogP contribution in [0.4, 0.5) is 0 Å². The first kappa shape index (κ1) is 18.5. The number of phenolic OH excluding ortho intramolecular Hbond substituents is 1. The predicted octanol–water partition coefficient (Wildman–Crippen LogP) is 3.42. The topological polar surface area (TPSA) is 62.2 Å². The third-order valence-electron chi connectivity index (χ3n) is 5.13. The van der Waals surface area contributed by atoms with Crippen molar-refractivity contribution in [2.24, 2.45) is 0 Å². The molecule has 5 nitrogen and oxygen atoms in total. The van der Waals surface area contributed by atoms with Crippen LogP contribution in [0, 0.1) is 0 Å². The molecule has 2 aromatic rings. The Morgan fingerprint density at radius 2 is 1.92 bits per heavy atom. The van der Waals surface area contributed by atoms with Crippen molar-refractivity contribution in [3.05, 3.63) is 42.0 Å². The summed E-state index contributed by atoms with van der Waals surface area (Å²) in [6.07, 6.45) is 3.27. The summed E-state index contributed by atoms with van der Waals surface area (Å²) in [5.41, 5.74) is 2.74. The third kappa shape index (κ3) is 3.94. The number of rotatable bonds is 6. The first-order valence-corrected chi connectivity index (χ1v) is 9.05. The van der Waals surface area contributed by atoms with Crippen molar-refractivity contribution in [1.29, 1.82) is 0 Å². The molecule has 1 aliphatic rings. The SMILES string of the molecule is COc1ccc(OC)c(-c2ccc(O)c(CN3CCCC[C@@H]3CO)c2)c1. The van der Waals surface area contributed by atoms with Crippen molar-refractivity contribution in [3.8, 4) is 28.4 Å². The van der Waals surface area contributed by atoms with E-state index in [2.05, 4.69) is 4.90 Å². The summed E-state index contributed by atoms with van der Waals surface area (Å²) in [6, 6.07) is 11.5. The summed E-state index contributed by atoms with van der Waals surface area (Å²) in [6.45, 7) is 1.72. The first-order valence-electron chi connectivity index (χ1n) is 9.05. The molecular weight excluding hydrogens is 330 g/mol. The van der Waals surface area contributed by atoms with E-state index in [-0.39, 0.29) is 18.4 Å². The molecule has 140 valence electrons. The molecule has 3 rings (SSSR count). The molecule has 5 heteroatoms. The maximum atomic E-state index is 10.4. The summed E-state index contributed by atoms with van der Waals surface area (Å²) in [5.74, 6) is 1.79. The lowest BCUT2D eigenvalue weighted by Crippen LogP contribution is -2.41. The zero-order chi connectivity index (χ0) is 18.5. The highest BCUT2D eigenvalue weighted by molar-refractivity contribution is 5.73. The first-order chi connectivity index (χ1) is 12.7. The van der Waals surface area contributed by atoms with Gasteiger partial charge in [0.15, 0.2) is 0 Å². The molecule has 0 aliphatic carbocycles. The van der Waals surface area contributed by atoms with Gasteiger partial charge in [-0.15, -0.1) is 0 Å². The van der Waals surface area contributed by atoms with Crippen LogP contribution in [0.2, 0.25) is 0 Å². The Hall–Kier alpha value is -2.24. The highest BCUT2D eigenvalue weighted by Gasteiger charge is 2.22. The second-order valence-electron chi connectivity index (χ2n) is 6.71. The van der Waals surface area contributed by atoms with Crippen molar-refractivity contribution in [3.63, 3.8) is 0 Å². The Balaban J connectivity index is 1.93. The number of methoxy groups -OCH3 is 2. The average molecular weight is 357 g/mol. The smallest absolute Gasteiger partial charge is 0.126 e. The number of hydrogen-bond acceptors (Lipinski definition) is 5. The van der Waals surface area contributed by atoms with Gasteiger partial charge in [-0.3, -0.25) is 4.90 Å². The minimum absolute atomic E-state index is 0.157. The van der Waals surface area contributed by atoms with Gasteiger partial charge >= 0.3 is 0 Å². The van der Waals surface area contributed by atoms with Crippen LogP contribution in [0.15, 0.2) is 36.4 Å². The van der Waals surface area contributed by atoms with Gasteiger partial charge in [-0.1, -0.05) is 12.5 Å². The van der Waals surface area contributed by atoms with Gasteiger partial charge in [0.05, 0.1) is 20.8 Å².